The predicted molar refractivity (Wildman–Crippen MR) is 86.9 cm³/mol. The normalized spacial score (nSPS) is 29.9. The van der Waals surface area contributed by atoms with Gasteiger partial charge in [0.25, 0.3) is 0 Å². The van der Waals surface area contributed by atoms with E-state index in [4.69, 9.17) is 5.73 Å². The second-order valence-corrected chi connectivity index (χ2v) is 8.35. The lowest BCUT2D eigenvalue weighted by Gasteiger charge is -2.52. The van der Waals surface area contributed by atoms with Crippen LogP contribution in [-0.2, 0) is 6.54 Å². The van der Waals surface area contributed by atoms with Crippen molar-refractivity contribution < 1.29 is 0 Å². The van der Waals surface area contributed by atoms with E-state index in [2.05, 4.69) is 50.0 Å². The maximum absolute atomic E-state index is 6.22. The van der Waals surface area contributed by atoms with Gasteiger partial charge in [-0.2, -0.15) is 0 Å². The van der Waals surface area contributed by atoms with Crippen molar-refractivity contribution in [3.05, 3.63) is 16.1 Å². The standard InChI is InChI=1S/C16H29N3S/c1-12-8-15(3,4)6-7-16(12,11-17)19(5)9-14-10-20-13(2)18-14/h10,12H,6-9,11,17H2,1-5H3. The van der Waals surface area contributed by atoms with Crippen LogP contribution in [0.5, 0.6) is 0 Å². The zero-order valence-corrected chi connectivity index (χ0v) is 14.4. The van der Waals surface area contributed by atoms with Gasteiger partial charge in [-0.15, -0.1) is 11.3 Å². The topological polar surface area (TPSA) is 42.2 Å². The third kappa shape index (κ3) is 3.07. The molecule has 2 N–H and O–H groups in total. The molecule has 1 aliphatic rings. The van der Waals surface area contributed by atoms with Crippen LogP contribution in [0.2, 0.25) is 0 Å². The fraction of sp³-hybridized carbons (Fsp3) is 0.812. The summed E-state index contributed by atoms with van der Waals surface area (Å²) in [4.78, 5) is 7.06. The molecular formula is C16H29N3S. The molecule has 1 aliphatic carbocycles. The second kappa shape index (κ2) is 5.74. The van der Waals surface area contributed by atoms with Gasteiger partial charge in [0.2, 0.25) is 0 Å². The Labute approximate surface area is 127 Å². The van der Waals surface area contributed by atoms with Gasteiger partial charge in [-0.1, -0.05) is 20.8 Å². The highest BCUT2D eigenvalue weighted by molar-refractivity contribution is 7.09. The Bertz CT molecular complexity index is 454. The molecule has 2 rings (SSSR count). The Morgan fingerprint density at radius 1 is 1.45 bits per heavy atom. The van der Waals surface area contributed by atoms with Gasteiger partial charge in [-0.25, -0.2) is 4.98 Å². The van der Waals surface area contributed by atoms with Crippen molar-refractivity contribution in [2.45, 2.75) is 59.0 Å². The average molecular weight is 295 g/mol. The van der Waals surface area contributed by atoms with Crippen molar-refractivity contribution >= 4 is 11.3 Å². The predicted octanol–water partition coefficient (Wildman–Crippen LogP) is 3.43. The monoisotopic (exact) mass is 295 g/mol. The van der Waals surface area contributed by atoms with Crippen LogP contribution in [0.4, 0.5) is 0 Å². The van der Waals surface area contributed by atoms with E-state index in [1.807, 2.05) is 0 Å². The quantitative estimate of drug-likeness (QED) is 0.925. The van der Waals surface area contributed by atoms with Crippen molar-refractivity contribution in [2.24, 2.45) is 17.1 Å². The molecule has 3 nitrogen and oxygen atoms in total. The third-order valence-corrected chi connectivity index (χ3v) is 6.01. The molecule has 0 radical (unpaired) electrons. The number of aryl methyl sites for hydroxylation is 1. The molecule has 114 valence electrons. The Morgan fingerprint density at radius 2 is 2.15 bits per heavy atom. The number of nitrogens with two attached hydrogens (primary N) is 1. The van der Waals surface area contributed by atoms with Gasteiger partial charge < -0.3 is 5.73 Å². The molecule has 0 bridgehead atoms. The van der Waals surface area contributed by atoms with Crippen LogP contribution < -0.4 is 5.73 Å². The van der Waals surface area contributed by atoms with E-state index < -0.39 is 0 Å². The maximum Gasteiger partial charge on any atom is 0.0897 e. The minimum atomic E-state index is 0.132. The fourth-order valence-electron chi connectivity index (χ4n) is 3.83. The van der Waals surface area contributed by atoms with E-state index >= 15 is 0 Å². The minimum Gasteiger partial charge on any atom is -0.329 e. The first-order valence-electron chi connectivity index (χ1n) is 7.61. The molecular weight excluding hydrogens is 266 g/mol. The van der Waals surface area contributed by atoms with Gasteiger partial charge in [0.05, 0.1) is 10.7 Å². The summed E-state index contributed by atoms with van der Waals surface area (Å²) in [7, 11) is 2.22. The lowest BCUT2D eigenvalue weighted by atomic mass is 9.63. The summed E-state index contributed by atoms with van der Waals surface area (Å²) >= 11 is 1.73. The molecule has 20 heavy (non-hydrogen) atoms. The maximum atomic E-state index is 6.22. The van der Waals surface area contributed by atoms with E-state index in [0.717, 1.165) is 18.1 Å². The van der Waals surface area contributed by atoms with Gasteiger partial charge in [0.15, 0.2) is 0 Å². The lowest BCUT2D eigenvalue weighted by molar-refractivity contribution is -0.0122. The number of thiazole rings is 1. The first-order chi connectivity index (χ1) is 9.29. The van der Waals surface area contributed by atoms with E-state index in [9.17, 15) is 0 Å². The number of nitrogens with zero attached hydrogens (tertiary/aromatic N) is 2. The van der Waals surface area contributed by atoms with Crippen LogP contribution in [0, 0.1) is 18.3 Å². The van der Waals surface area contributed by atoms with Gasteiger partial charge in [-0.05, 0) is 44.6 Å². The van der Waals surface area contributed by atoms with Crippen LogP contribution in [0.1, 0.15) is 50.7 Å². The van der Waals surface area contributed by atoms with Crippen molar-refractivity contribution in [3.63, 3.8) is 0 Å². The number of likely N-dealkylation sites (N-methyl/N-ethyl adjacent to an activating group) is 1. The van der Waals surface area contributed by atoms with Gasteiger partial charge in [-0.3, -0.25) is 4.90 Å². The van der Waals surface area contributed by atoms with Crippen LogP contribution in [0.3, 0.4) is 0 Å². The Hall–Kier alpha value is -0.450. The smallest absolute Gasteiger partial charge is 0.0897 e. The SMILES string of the molecule is Cc1nc(CN(C)C2(CN)CCC(C)(C)CC2C)cs1. The highest BCUT2D eigenvalue weighted by Gasteiger charge is 2.45. The summed E-state index contributed by atoms with van der Waals surface area (Å²) in [6, 6.07) is 0. The molecule has 0 amide bonds. The summed E-state index contributed by atoms with van der Waals surface area (Å²) in [5, 5.41) is 3.32. The van der Waals surface area contributed by atoms with Gasteiger partial charge in [0.1, 0.15) is 0 Å². The molecule has 1 aromatic rings. The molecule has 2 unspecified atom stereocenters. The summed E-state index contributed by atoms with van der Waals surface area (Å²) in [6.45, 7) is 10.9. The lowest BCUT2D eigenvalue weighted by Crippen LogP contribution is -2.59. The van der Waals surface area contributed by atoms with Crippen LogP contribution >= 0.6 is 11.3 Å². The van der Waals surface area contributed by atoms with Crippen molar-refractivity contribution in [1.29, 1.82) is 0 Å². The van der Waals surface area contributed by atoms with Gasteiger partial charge >= 0.3 is 0 Å². The van der Waals surface area contributed by atoms with E-state index in [1.165, 1.54) is 25.0 Å². The van der Waals surface area contributed by atoms with E-state index in [0.29, 0.717) is 11.3 Å². The van der Waals surface area contributed by atoms with Crippen molar-refractivity contribution in [1.82, 2.24) is 9.88 Å². The van der Waals surface area contributed by atoms with E-state index in [-0.39, 0.29) is 5.54 Å². The first-order valence-corrected chi connectivity index (χ1v) is 8.49. The Balaban J connectivity index is 2.14. The highest BCUT2D eigenvalue weighted by Crippen LogP contribution is 2.46. The molecule has 0 spiro atoms. The second-order valence-electron chi connectivity index (χ2n) is 7.29. The van der Waals surface area contributed by atoms with Crippen LogP contribution in [0.15, 0.2) is 5.38 Å². The van der Waals surface area contributed by atoms with Gasteiger partial charge in [0, 0.05) is 24.0 Å². The number of rotatable bonds is 4. The zero-order valence-electron chi connectivity index (χ0n) is 13.6. The van der Waals surface area contributed by atoms with Crippen molar-refractivity contribution in [3.8, 4) is 0 Å². The number of aromatic nitrogens is 1. The molecule has 4 heteroatoms. The molecule has 1 saturated carbocycles. The van der Waals surface area contributed by atoms with Crippen LogP contribution in [0.25, 0.3) is 0 Å². The summed E-state index contributed by atoms with van der Waals surface area (Å²) < 4.78 is 0. The molecule has 0 saturated heterocycles. The first kappa shape index (κ1) is 15.9. The van der Waals surface area contributed by atoms with Crippen LogP contribution in [-0.4, -0.2) is 29.0 Å². The molecule has 1 heterocycles. The summed E-state index contributed by atoms with van der Waals surface area (Å²) in [6.07, 6.45) is 3.71. The fourth-order valence-corrected chi connectivity index (χ4v) is 4.43. The number of hydrogen-bond donors (Lipinski definition) is 1. The largest absolute Gasteiger partial charge is 0.329 e. The minimum absolute atomic E-state index is 0.132. The Morgan fingerprint density at radius 3 is 2.65 bits per heavy atom. The third-order valence-electron chi connectivity index (χ3n) is 5.19. The zero-order chi connectivity index (χ0) is 15.0. The molecule has 2 atom stereocenters. The highest BCUT2D eigenvalue weighted by atomic mass is 32.1. The summed E-state index contributed by atoms with van der Waals surface area (Å²) in [5.74, 6) is 0.626. The molecule has 1 aromatic heterocycles. The molecule has 0 aromatic carbocycles. The van der Waals surface area contributed by atoms with E-state index in [1.54, 1.807) is 11.3 Å². The van der Waals surface area contributed by atoms with Crippen molar-refractivity contribution in [2.75, 3.05) is 13.6 Å². The summed E-state index contributed by atoms with van der Waals surface area (Å²) in [5.41, 5.74) is 7.98. The average Bonchev–Trinajstić information content (AvgIpc) is 2.74. The number of hydrogen-bond acceptors (Lipinski definition) is 4. The molecule has 1 fully saturated rings. The Kier molecular flexibility index (Phi) is 4.57. The molecule has 0 aliphatic heterocycles.